The third-order valence-corrected chi connectivity index (χ3v) is 4.00. The minimum Gasteiger partial charge on any atom is -0.370 e. The fourth-order valence-electron chi connectivity index (χ4n) is 2.12. The van der Waals surface area contributed by atoms with Gasteiger partial charge in [-0.05, 0) is 43.5 Å². The van der Waals surface area contributed by atoms with E-state index in [1.807, 2.05) is 0 Å². The lowest BCUT2D eigenvalue weighted by Gasteiger charge is -2.30. The Balaban J connectivity index is 1.77. The summed E-state index contributed by atoms with van der Waals surface area (Å²) in [5.74, 6) is 0.251. The van der Waals surface area contributed by atoms with E-state index in [9.17, 15) is 4.79 Å². The lowest BCUT2D eigenvalue weighted by atomic mass is 9.93. The summed E-state index contributed by atoms with van der Waals surface area (Å²) in [6.45, 7) is 2.76. The van der Waals surface area contributed by atoms with E-state index in [0.29, 0.717) is 16.8 Å². The van der Waals surface area contributed by atoms with Crippen LogP contribution in [0.5, 0.6) is 0 Å². The Kier molecular flexibility index (Phi) is 4.31. The third kappa shape index (κ3) is 3.90. The SMILES string of the molecule is NC(=O)CC1CCN(Cc2nnc(Cl)s2)CC1. The average Bonchev–Trinajstić information content (AvgIpc) is 2.66. The van der Waals surface area contributed by atoms with Crippen LogP contribution in [0, 0.1) is 5.92 Å². The molecule has 94 valence electrons. The fourth-order valence-corrected chi connectivity index (χ4v) is 3.03. The highest BCUT2D eigenvalue weighted by Crippen LogP contribution is 2.23. The fraction of sp³-hybridized carbons (Fsp3) is 0.700. The first-order chi connectivity index (χ1) is 8.13. The van der Waals surface area contributed by atoms with E-state index in [4.69, 9.17) is 17.3 Å². The van der Waals surface area contributed by atoms with Gasteiger partial charge in [-0.1, -0.05) is 11.3 Å². The number of nitrogens with zero attached hydrogens (tertiary/aromatic N) is 3. The van der Waals surface area contributed by atoms with E-state index < -0.39 is 0 Å². The molecule has 5 nitrogen and oxygen atoms in total. The molecule has 2 N–H and O–H groups in total. The number of rotatable bonds is 4. The van der Waals surface area contributed by atoms with Crippen LogP contribution >= 0.6 is 22.9 Å². The Bertz CT molecular complexity index is 389. The largest absolute Gasteiger partial charge is 0.370 e. The number of hydrogen-bond donors (Lipinski definition) is 1. The molecule has 1 aliphatic heterocycles. The van der Waals surface area contributed by atoms with Crippen LogP contribution in [0.1, 0.15) is 24.3 Å². The van der Waals surface area contributed by atoms with Crippen molar-refractivity contribution in [3.8, 4) is 0 Å². The maximum atomic E-state index is 10.8. The molecule has 2 rings (SSSR count). The molecule has 17 heavy (non-hydrogen) atoms. The summed E-state index contributed by atoms with van der Waals surface area (Å²) in [7, 11) is 0. The van der Waals surface area contributed by atoms with Crippen molar-refractivity contribution < 1.29 is 4.79 Å². The van der Waals surface area contributed by atoms with E-state index in [0.717, 1.165) is 37.5 Å². The van der Waals surface area contributed by atoms with E-state index in [2.05, 4.69) is 15.1 Å². The molecule has 0 unspecified atom stereocenters. The number of nitrogens with two attached hydrogens (primary N) is 1. The van der Waals surface area contributed by atoms with Crippen LogP contribution in [0.3, 0.4) is 0 Å². The van der Waals surface area contributed by atoms with Crippen molar-refractivity contribution in [3.05, 3.63) is 9.47 Å². The number of aromatic nitrogens is 2. The number of amides is 1. The van der Waals surface area contributed by atoms with E-state index in [1.54, 1.807) is 0 Å². The molecular weight excluding hydrogens is 260 g/mol. The zero-order valence-electron chi connectivity index (χ0n) is 9.43. The van der Waals surface area contributed by atoms with Gasteiger partial charge in [-0.3, -0.25) is 9.69 Å². The number of carbonyl (C=O) groups excluding carboxylic acids is 1. The van der Waals surface area contributed by atoms with Crippen LogP contribution in [0.2, 0.25) is 4.47 Å². The van der Waals surface area contributed by atoms with Gasteiger partial charge in [0.05, 0.1) is 6.54 Å². The quantitative estimate of drug-likeness (QED) is 0.898. The van der Waals surface area contributed by atoms with Crippen LogP contribution in [0.15, 0.2) is 0 Å². The van der Waals surface area contributed by atoms with Gasteiger partial charge in [-0.2, -0.15) is 0 Å². The van der Waals surface area contributed by atoms with E-state index in [1.165, 1.54) is 11.3 Å². The summed E-state index contributed by atoms with van der Waals surface area (Å²) in [6, 6.07) is 0. The first-order valence-corrected chi connectivity index (χ1v) is 6.81. The van der Waals surface area contributed by atoms with Crippen molar-refractivity contribution >= 4 is 28.8 Å². The molecule has 1 aromatic rings. The third-order valence-electron chi connectivity index (χ3n) is 3.00. The van der Waals surface area contributed by atoms with Crippen molar-refractivity contribution in [3.63, 3.8) is 0 Å². The van der Waals surface area contributed by atoms with Crippen molar-refractivity contribution in [2.75, 3.05) is 13.1 Å². The average molecular weight is 275 g/mol. The molecule has 0 spiro atoms. The molecule has 1 saturated heterocycles. The standard InChI is InChI=1S/C10H15ClN4OS/c11-10-14-13-9(17-10)6-15-3-1-7(2-4-15)5-8(12)16/h7H,1-6H2,(H2,12,16). The van der Waals surface area contributed by atoms with Gasteiger partial charge < -0.3 is 5.73 Å². The first kappa shape index (κ1) is 12.7. The van der Waals surface area contributed by atoms with Crippen LogP contribution in [-0.4, -0.2) is 34.1 Å². The predicted octanol–water partition coefficient (Wildman–Crippen LogP) is 1.28. The highest BCUT2D eigenvalue weighted by atomic mass is 35.5. The second-order valence-electron chi connectivity index (χ2n) is 4.34. The predicted molar refractivity (Wildman–Crippen MR) is 66.7 cm³/mol. The molecule has 1 aliphatic rings. The van der Waals surface area contributed by atoms with Crippen molar-refractivity contribution in [2.45, 2.75) is 25.8 Å². The number of carbonyl (C=O) groups is 1. The maximum Gasteiger partial charge on any atom is 0.217 e. The van der Waals surface area contributed by atoms with E-state index >= 15 is 0 Å². The van der Waals surface area contributed by atoms with E-state index in [-0.39, 0.29) is 5.91 Å². The molecule has 0 aliphatic carbocycles. The molecule has 2 heterocycles. The molecule has 0 radical (unpaired) electrons. The molecule has 1 amide bonds. The molecular formula is C10H15ClN4OS. The van der Waals surface area contributed by atoms with Gasteiger partial charge in [0.2, 0.25) is 10.4 Å². The molecule has 1 aromatic heterocycles. The monoisotopic (exact) mass is 274 g/mol. The second kappa shape index (κ2) is 5.75. The van der Waals surface area contributed by atoms with Crippen LogP contribution in [-0.2, 0) is 11.3 Å². The van der Waals surface area contributed by atoms with Gasteiger partial charge in [0.15, 0.2) is 0 Å². The van der Waals surface area contributed by atoms with Gasteiger partial charge in [-0.15, -0.1) is 10.2 Å². The molecule has 7 heteroatoms. The molecule has 0 saturated carbocycles. The van der Waals surface area contributed by atoms with Gasteiger partial charge >= 0.3 is 0 Å². The number of likely N-dealkylation sites (tertiary alicyclic amines) is 1. The van der Waals surface area contributed by atoms with Gasteiger partial charge in [0.25, 0.3) is 0 Å². The highest BCUT2D eigenvalue weighted by molar-refractivity contribution is 7.15. The minimum atomic E-state index is -0.195. The second-order valence-corrected chi connectivity index (χ2v) is 5.98. The Morgan fingerprint density at radius 2 is 2.18 bits per heavy atom. The number of primary amides is 1. The number of hydrogen-bond acceptors (Lipinski definition) is 5. The number of piperidine rings is 1. The van der Waals surface area contributed by atoms with Crippen LogP contribution < -0.4 is 5.73 Å². The van der Waals surface area contributed by atoms with Crippen LogP contribution in [0.4, 0.5) is 0 Å². The van der Waals surface area contributed by atoms with Crippen LogP contribution in [0.25, 0.3) is 0 Å². The molecule has 0 aromatic carbocycles. The first-order valence-electron chi connectivity index (χ1n) is 5.62. The lowest BCUT2D eigenvalue weighted by Crippen LogP contribution is -2.34. The number of halogens is 1. The summed E-state index contributed by atoms with van der Waals surface area (Å²) >= 11 is 7.15. The Labute approximate surface area is 109 Å². The van der Waals surface area contributed by atoms with Gasteiger partial charge in [-0.25, -0.2) is 0 Å². The van der Waals surface area contributed by atoms with Gasteiger partial charge in [0, 0.05) is 6.42 Å². The normalized spacial score (nSPS) is 18.4. The summed E-state index contributed by atoms with van der Waals surface area (Å²) in [4.78, 5) is 13.1. The smallest absolute Gasteiger partial charge is 0.217 e. The minimum absolute atomic E-state index is 0.195. The van der Waals surface area contributed by atoms with Crippen molar-refractivity contribution in [2.24, 2.45) is 11.7 Å². The summed E-state index contributed by atoms with van der Waals surface area (Å²) in [5, 5.41) is 8.73. The molecule has 0 atom stereocenters. The topological polar surface area (TPSA) is 72.1 Å². The zero-order valence-corrected chi connectivity index (χ0v) is 11.0. The summed E-state index contributed by atoms with van der Waals surface area (Å²) in [5.41, 5.74) is 5.20. The summed E-state index contributed by atoms with van der Waals surface area (Å²) < 4.78 is 0.489. The molecule has 1 fully saturated rings. The zero-order chi connectivity index (χ0) is 12.3. The Morgan fingerprint density at radius 3 is 2.71 bits per heavy atom. The Hall–Kier alpha value is -0.720. The maximum absolute atomic E-state index is 10.8. The summed E-state index contributed by atoms with van der Waals surface area (Å²) in [6.07, 6.45) is 2.56. The highest BCUT2D eigenvalue weighted by Gasteiger charge is 2.21. The molecule has 0 bridgehead atoms. The van der Waals surface area contributed by atoms with Crippen molar-refractivity contribution in [1.82, 2.24) is 15.1 Å². The van der Waals surface area contributed by atoms with Crippen molar-refractivity contribution in [1.29, 1.82) is 0 Å². The van der Waals surface area contributed by atoms with Gasteiger partial charge in [0.1, 0.15) is 5.01 Å². The Morgan fingerprint density at radius 1 is 1.47 bits per heavy atom. The lowest BCUT2D eigenvalue weighted by molar-refractivity contribution is -0.119.